The molecule has 64 valence electrons. The summed E-state index contributed by atoms with van der Waals surface area (Å²) in [6, 6.07) is 0.168. The standard InChI is InChI=1S/C7H11BN2O2/c8-9-7(12)6-2-4-1-5(4)10(6)3-11/h3-6H,1-2,8H2,(H,9,12). The van der Waals surface area contributed by atoms with Crippen LogP contribution in [-0.4, -0.2) is 37.3 Å². The van der Waals surface area contributed by atoms with Gasteiger partial charge in [0, 0.05) is 6.04 Å². The molecule has 5 heteroatoms. The van der Waals surface area contributed by atoms with Gasteiger partial charge in [-0.05, 0) is 18.8 Å². The number of hydrogen-bond donors (Lipinski definition) is 1. The Bertz CT molecular complexity index is 233. The molecule has 1 aliphatic carbocycles. The van der Waals surface area contributed by atoms with Crippen molar-refractivity contribution in [1.29, 1.82) is 0 Å². The summed E-state index contributed by atoms with van der Waals surface area (Å²) in [4.78, 5) is 23.5. The number of likely N-dealkylation sites (tertiary alicyclic amines) is 1. The van der Waals surface area contributed by atoms with Gasteiger partial charge in [-0.25, -0.2) is 0 Å². The number of fused-ring (bicyclic) bond motifs is 1. The van der Waals surface area contributed by atoms with E-state index in [1.165, 1.54) is 0 Å². The second kappa shape index (κ2) is 2.50. The van der Waals surface area contributed by atoms with Crippen LogP contribution in [0.2, 0.25) is 0 Å². The molecule has 3 atom stereocenters. The van der Waals surface area contributed by atoms with Gasteiger partial charge >= 0.3 is 0 Å². The van der Waals surface area contributed by atoms with Gasteiger partial charge in [-0.15, -0.1) is 0 Å². The molecule has 0 bridgehead atoms. The fraction of sp³-hybridized carbons (Fsp3) is 0.714. The average molecular weight is 166 g/mol. The van der Waals surface area contributed by atoms with Gasteiger partial charge in [0.2, 0.25) is 20.3 Å². The molecule has 2 aliphatic rings. The third-order valence-electron chi connectivity index (χ3n) is 2.82. The smallest absolute Gasteiger partial charge is 0.230 e. The lowest BCUT2D eigenvalue weighted by atomic mass is 10.1. The average Bonchev–Trinajstić information content (AvgIpc) is 2.77. The Labute approximate surface area is 71.7 Å². The number of rotatable bonds is 2. The van der Waals surface area contributed by atoms with Crippen molar-refractivity contribution in [3.05, 3.63) is 0 Å². The molecule has 0 spiro atoms. The van der Waals surface area contributed by atoms with Crippen molar-refractivity contribution in [2.24, 2.45) is 5.92 Å². The van der Waals surface area contributed by atoms with E-state index >= 15 is 0 Å². The summed E-state index contributed by atoms with van der Waals surface area (Å²) in [5.41, 5.74) is 0. The topological polar surface area (TPSA) is 49.4 Å². The van der Waals surface area contributed by atoms with Crippen LogP contribution in [-0.2, 0) is 9.59 Å². The molecular weight excluding hydrogens is 155 g/mol. The Kier molecular flexibility index (Phi) is 1.59. The van der Waals surface area contributed by atoms with Gasteiger partial charge in [-0.3, -0.25) is 9.59 Å². The van der Waals surface area contributed by atoms with E-state index in [0.29, 0.717) is 12.0 Å². The first-order valence-corrected chi connectivity index (χ1v) is 4.22. The van der Waals surface area contributed by atoms with Gasteiger partial charge in [-0.1, -0.05) is 0 Å². The van der Waals surface area contributed by atoms with Crippen molar-refractivity contribution in [3.63, 3.8) is 0 Å². The first-order chi connectivity index (χ1) is 5.77. The molecule has 0 aromatic rings. The summed E-state index contributed by atoms with van der Waals surface area (Å²) < 4.78 is 0. The maximum Gasteiger partial charge on any atom is 0.230 e. The molecule has 1 saturated carbocycles. The van der Waals surface area contributed by atoms with Gasteiger partial charge in [-0.2, -0.15) is 0 Å². The fourth-order valence-corrected chi connectivity index (χ4v) is 2.05. The highest BCUT2D eigenvalue weighted by molar-refractivity contribution is 6.15. The van der Waals surface area contributed by atoms with Crippen molar-refractivity contribution in [2.75, 3.05) is 0 Å². The second-order valence-electron chi connectivity index (χ2n) is 3.48. The predicted molar refractivity (Wildman–Crippen MR) is 44.9 cm³/mol. The number of carbonyl (C=O) groups excluding carboxylic acids is 2. The van der Waals surface area contributed by atoms with Gasteiger partial charge in [0.1, 0.15) is 6.04 Å². The lowest BCUT2D eigenvalue weighted by Crippen LogP contribution is -2.43. The fourth-order valence-electron chi connectivity index (χ4n) is 2.05. The summed E-state index contributed by atoms with van der Waals surface area (Å²) in [6.07, 6.45) is 2.74. The van der Waals surface area contributed by atoms with Crippen molar-refractivity contribution >= 4 is 20.3 Å². The molecule has 1 saturated heterocycles. The highest BCUT2D eigenvalue weighted by Gasteiger charge is 2.53. The number of piperidine rings is 1. The molecule has 0 aromatic heterocycles. The first-order valence-electron chi connectivity index (χ1n) is 4.22. The van der Waals surface area contributed by atoms with E-state index in [2.05, 4.69) is 5.23 Å². The maximum atomic E-state index is 11.2. The zero-order valence-electron chi connectivity index (χ0n) is 6.99. The number of amides is 2. The molecule has 2 fully saturated rings. The van der Waals surface area contributed by atoms with Crippen LogP contribution in [0.25, 0.3) is 0 Å². The van der Waals surface area contributed by atoms with Gasteiger partial charge in [0.05, 0.1) is 0 Å². The normalized spacial score (nSPS) is 37.3. The van der Waals surface area contributed by atoms with Crippen molar-refractivity contribution in [1.82, 2.24) is 10.1 Å². The minimum absolute atomic E-state index is 0.0331. The van der Waals surface area contributed by atoms with Gasteiger partial charge in [0.25, 0.3) is 0 Å². The van der Waals surface area contributed by atoms with E-state index in [1.807, 2.05) is 0 Å². The largest absolute Gasteiger partial charge is 0.404 e. The van der Waals surface area contributed by atoms with E-state index in [4.69, 9.17) is 0 Å². The lowest BCUT2D eigenvalue weighted by Gasteiger charge is -2.21. The molecule has 1 heterocycles. The van der Waals surface area contributed by atoms with Crippen molar-refractivity contribution in [3.8, 4) is 0 Å². The lowest BCUT2D eigenvalue weighted by molar-refractivity contribution is -0.131. The highest BCUT2D eigenvalue weighted by atomic mass is 16.2. The third-order valence-corrected chi connectivity index (χ3v) is 2.82. The Morgan fingerprint density at radius 1 is 1.58 bits per heavy atom. The van der Waals surface area contributed by atoms with E-state index in [1.54, 1.807) is 12.9 Å². The molecule has 0 radical (unpaired) electrons. The monoisotopic (exact) mass is 166 g/mol. The van der Waals surface area contributed by atoms with Crippen LogP contribution >= 0.6 is 0 Å². The van der Waals surface area contributed by atoms with Crippen LogP contribution in [0.3, 0.4) is 0 Å². The van der Waals surface area contributed by atoms with Gasteiger partial charge < -0.3 is 10.1 Å². The van der Waals surface area contributed by atoms with Gasteiger partial charge in [0.15, 0.2) is 0 Å². The Morgan fingerprint density at radius 2 is 2.33 bits per heavy atom. The Morgan fingerprint density at radius 3 is 2.92 bits per heavy atom. The quantitative estimate of drug-likeness (QED) is 0.391. The van der Waals surface area contributed by atoms with Crippen LogP contribution in [0.15, 0.2) is 0 Å². The maximum absolute atomic E-state index is 11.2. The summed E-state index contributed by atoms with van der Waals surface area (Å²) in [5.74, 6) is 0.562. The summed E-state index contributed by atoms with van der Waals surface area (Å²) in [5, 5.41) is 2.57. The summed E-state index contributed by atoms with van der Waals surface area (Å²) in [6.45, 7) is 0. The number of hydrogen-bond acceptors (Lipinski definition) is 2. The number of carbonyl (C=O) groups is 2. The first kappa shape index (κ1) is 7.64. The van der Waals surface area contributed by atoms with E-state index in [-0.39, 0.29) is 11.9 Å². The van der Waals surface area contributed by atoms with E-state index in [9.17, 15) is 9.59 Å². The molecule has 1 aliphatic heterocycles. The predicted octanol–water partition coefficient (Wildman–Crippen LogP) is -1.73. The zero-order chi connectivity index (χ0) is 8.72. The molecule has 2 amide bonds. The van der Waals surface area contributed by atoms with Crippen molar-refractivity contribution < 1.29 is 9.59 Å². The van der Waals surface area contributed by atoms with E-state index in [0.717, 1.165) is 19.3 Å². The Balaban J connectivity index is 2.07. The van der Waals surface area contributed by atoms with Crippen LogP contribution in [0.4, 0.5) is 0 Å². The molecule has 4 nitrogen and oxygen atoms in total. The summed E-state index contributed by atoms with van der Waals surface area (Å²) in [7, 11) is 1.61. The zero-order valence-corrected chi connectivity index (χ0v) is 6.99. The number of nitrogens with zero attached hydrogens (tertiary/aromatic N) is 1. The molecule has 0 aromatic carbocycles. The molecule has 12 heavy (non-hydrogen) atoms. The molecule has 3 unspecified atom stereocenters. The Hall–Kier alpha value is -0.995. The van der Waals surface area contributed by atoms with E-state index < -0.39 is 0 Å². The van der Waals surface area contributed by atoms with Crippen LogP contribution in [0.1, 0.15) is 12.8 Å². The second-order valence-corrected chi connectivity index (χ2v) is 3.48. The molecule has 1 N–H and O–H groups in total. The minimum atomic E-state index is -0.198. The van der Waals surface area contributed by atoms with Crippen LogP contribution < -0.4 is 5.23 Å². The SMILES string of the molecule is BNC(=O)C1CC2CC2N1C=O. The number of nitrogens with one attached hydrogen (secondary N) is 1. The minimum Gasteiger partial charge on any atom is -0.404 e. The highest BCUT2D eigenvalue weighted by Crippen LogP contribution is 2.46. The molecule has 2 rings (SSSR count). The van der Waals surface area contributed by atoms with Crippen LogP contribution in [0, 0.1) is 5.92 Å². The summed E-state index contributed by atoms with van der Waals surface area (Å²) >= 11 is 0. The van der Waals surface area contributed by atoms with Crippen LogP contribution in [0.5, 0.6) is 0 Å². The molecular formula is C7H11BN2O2. The van der Waals surface area contributed by atoms with Crippen molar-refractivity contribution in [2.45, 2.75) is 24.9 Å². The third kappa shape index (κ3) is 0.923.